The minimum atomic E-state index is -1.16. The summed E-state index contributed by atoms with van der Waals surface area (Å²) in [4.78, 5) is 20.5. The van der Waals surface area contributed by atoms with Gasteiger partial charge in [-0.1, -0.05) is 0 Å². The van der Waals surface area contributed by atoms with E-state index >= 15 is 0 Å². The number of rotatable bonds is 5. The van der Waals surface area contributed by atoms with Crippen molar-refractivity contribution in [1.82, 2.24) is 5.32 Å². The zero-order chi connectivity index (χ0) is 9.56. The molecule has 0 bridgehead atoms. The molecule has 3 N–H and O–H groups in total. The third kappa shape index (κ3) is 15.3. The molecule has 0 aromatic heterocycles. The van der Waals surface area contributed by atoms with Crippen LogP contribution in [0.15, 0.2) is 0 Å². The van der Waals surface area contributed by atoms with E-state index in [0.717, 1.165) is 0 Å². The minimum absolute atomic E-state index is 0. The van der Waals surface area contributed by atoms with Crippen molar-refractivity contribution in [3.05, 3.63) is 0 Å². The number of aliphatic hydroxyl groups excluding tert-OH is 1. The summed E-state index contributed by atoms with van der Waals surface area (Å²) >= 11 is 0. The molecule has 0 fully saturated rings. The Labute approximate surface area is 126 Å². The molecule has 14 heavy (non-hydrogen) atoms. The molecule has 0 spiro atoms. The van der Waals surface area contributed by atoms with E-state index in [-0.39, 0.29) is 72.2 Å². The molecule has 0 aliphatic heterocycles. The van der Waals surface area contributed by atoms with Gasteiger partial charge < -0.3 is 14.9 Å². The summed E-state index contributed by atoms with van der Waals surface area (Å²) in [6.45, 7) is 0.751. The van der Waals surface area contributed by atoms with Gasteiger partial charge in [-0.15, -0.1) is 0 Å². The van der Waals surface area contributed by atoms with Crippen LogP contribution in [0.25, 0.3) is 0 Å². The van der Waals surface area contributed by atoms with Crippen molar-refractivity contribution in [3.63, 3.8) is 0 Å². The van der Waals surface area contributed by atoms with E-state index in [2.05, 4.69) is 10.1 Å². The third-order valence-electron chi connectivity index (χ3n) is 0.848. The number of carboxylic acid groups (broad SMARTS) is 1. The van der Waals surface area contributed by atoms with E-state index in [1.54, 1.807) is 0 Å². The Kier molecular flexibility index (Phi) is 17.3. The Morgan fingerprint density at radius 3 is 2.21 bits per heavy atom. The fourth-order valence-corrected chi connectivity index (χ4v) is 0.503. The van der Waals surface area contributed by atoms with Crippen LogP contribution in [-0.2, 0) is 14.3 Å². The van der Waals surface area contributed by atoms with Crippen molar-refractivity contribution in [2.24, 2.45) is 0 Å². The molecule has 0 saturated carbocycles. The van der Waals surface area contributed by atoms with E-state index in [4.69, 9.17) is 10.2 Å². The van der Waals surface area contributed by atoms with Gasteiger partial charge in [0.2, 0.25) is 0 Å². The second kappa shape index (κ2) is 11.9. The molecule has 6 nitrogen and oxygen atoms in total. The molecular weight excluding hydrogens is 212 g/mol. The predicted octanol–water partition coefficient (Wildman–Crippen LogP) is -2.75. The number of ether oxygens (including phenoxy) is 1. The van der Waals surface area contributed by atoms with Crippen LogP contribution in [0.3, 0.4) is 0 Å². The summed E-state index contributed by atoms with van der Waals surface area (Å²) in [6, 6.07) is 0. The van der Waals surface area contributed by atoms with Crippen LogP contribution in [0, 0.1) is 0 Å². The van der Waals surface area contributed by atoms with Crippen LogP contribution >= 0.6 is 0 Å². The first-order valence-electron chi connectivity index (χ1n) is 3.32. The molecule has 8 heteroatoms. The van der Waals surface area contributed by atoms with Crippen molar-refractivity contribution in [1.29, 1.82) is 0 Å². The van der Waals surface area contributed by atoms with Gasteiger partial charge in [0.25, 0.3) is 0 Å². The zero-order valence-corrected chi connectivity index (χ0v) is 6.61. The zero-order valence-electron chi connectivity index (χ0n) is 6.61. The molecule has 0 aliphatic carbocycles. The van der Waals surface area contributed by atoms with Crippen LogP contribution in [0.4, 0.5) is 0 Å². The molecule has 1 unspecified atom stereocenters. The number of carbonyl (C=O) groups is 2. The van der Waals surface area contributed by atoms with Gasteiger partial charge in [-0.25, -0.2) is 0 Å². The molecular formula is C6H13NNa2O5. The second-order valence-corrected chi connectivity index (χ2v) is 2.09. The Morgan fingerprint density at radius 2 is 1.86 bits per heavy atom. The number of nitrogens with one attached hydrogen (secondary N) is 1. The Hall–Kier alpha value is 0.860. The number of aliphatic hydroxyl groups is 1. The van der Waals surface area contributed by atoms with Crippen molar-refractivity contribution >= 4 is 71.1 Å². The van der Waals surface area contributed by atoms with Gasteiger partial charge in [0.1, 0.15) is 0 Å². The molecule has 0 radical (unpaired) electrons. The summed E-state index contributed by atoms with van der Waals surface area (Å²) < 4.78 is 4.29. The molecule has 0 saturated heterocycles. The van der Waals surface area contributed by atoms with Crippen molar-refractivity contribution in [2.45, 2.75) is 13.2 Å². The topological polar surface area (TPSA) is 95.9 Å². The summed E-state index contributed by atoms with van der Waals surface area (Å²) in [5, 5.41) is 19.0. The fourth-order valence-electron chi connectivity index (χ4n) is 0.503. The van der Waals surface area contributed by atoms with Gasteiger partial charge in [0, 0.05) is 0 Å². The molecule has 0 aliphatic rings. The molecule has 1 atom stereocenters. The standard InChI is InChI=1S/C6H11NO5.2Na.2H/c1-4(8)12-6(11)3-7-2-5(9)10;;;;/h4,7-8H,2-3H2,1H3,(H,9,10);;;;. The van der Waals surface area contributed by atoms with Crippen LogP contribution in [0.2, 0.25) is 0 Å². The van der Waals surface area contributed by atoms with E-state index in [9.17, 15) is 9.59 Å². The molecule has 0 aromatic rings. The van der Waals surface area contributed by atoms with E-state index in [1.807, 2.05) is 0 Å². The van der Waals surface area contributed by atoms with Gasteiger partial charge >= 0.3 is 71.1 Å². The summed E-state index contributed by atoms with van der Waals surface area (Å²) in [5.74, 6) is -1.74. The summed E-state index contributed by atoms with van der Waals surface area (Å²) in [5.41, 5.74) is 0. The van der Waals surface area contributed by atoms with Gasteiger partial charge in [-0.2, -0.15) is 0 Å². The average Bonchev–Trinajstić information content (AvgIpc) is 1.84. The Bertz CT molecular complexity index is 176. The van der Waals surface area contributed by atoms with Crippen LogP contribution in [0.5, 0.6) is 0 Å². The summed E-state index contributed by atoms with van der Waals surface area (Å²) in [6.07, 6.45) is -1.16. The molecule has 0 aromatic carbocycles. The molecule has 0 heterocycles. The van der Waals surface area contributed by atoms with Gasteiger partial charge in [0.05, 0.1) is 13.1 Å². The predicted molar refractivity (Wildman–Crippen MR) is 52.6 cm³/mol. The third-order valence-corrected chi connectivity index (χ3v) is 0.848. The number of hydrogen-bond donors (Lipinski definition) is 3. The first-order valence-corrected chi connectivity index (χ1v) is 3.32. The maximum absolute atomic E-state index is 10.6. The van der Waals surface area contributed by atoms with Crippen molar-refractivity contribution in [3.8, 4) is 0 Å². The summed E-state index contributed by atoms with van der Waals surface area (Å²) in [7, 11) is 0. The monoisotopic (exact) mass is 225 g/mol. The first kappa shape index (κ1) is 20.3. The van der Waals surface area contributed by atoms with E-state index in [0.29, 0.717) is 0 Å². The fraction of sp³-hybridized carbons (Fsp3) is 0.667. The van der Waals surface area contributed by atoms with Crippen LogP contribution < -0.4 is 5.32 Å². The maximum atomic E-state index is 10.6. The number of aliphatic carboxylic acids is 1. The quantitative estimate of drug-likeness (QED) is 0.266. The number of carboxylic acids is 1. The SMILES string of the molecule is CC(O)OC(=O)CNCC(=O)O.[NaH].[NaH]. The Morgan fingerprint density at radius 1 is 1.36 bits per heavy atom. The molecule has 0 amide bonds. The van der Waals surface area contributed by atoms with Crippen molar-refractivity contribution in [2.75, 3.05) is 13.1 Å². The average molecular weight is 225 g/mol. The first-order chi connectivity index (χ1) is 5.52. The number of carbonyl (C=O) groups excluding carboxylic acids is 1. The Balaban J connectivity index is -0.000000605. The van der Waals surface area contributed by atoms with E-state index < -0.39 is 18.2 Å². The normalized spacial score (nSPS) is 10.4. The molecule has 0 rings (SSSR count). The van der Waals surface area contributed by atoms with Gasteiger partial charge in [-0.3, -0.25) is 14.9 Å². The second-order valence-electron chi connectivity index (χ2n) is 2.09. The van der Waals surface area contributed by atoms with Crippen LogP contribution in [0.1, 0.15) is 6.92 Å². The van der Waals surface area contributed by atoms with Gasteiger partial charge in [-0.05, 0) is 6.92 Å². The molecule has 74 valence electrons. The van der Waals surface area contributed by atoms with Gasteiger partial charge in [0.15, 0.2) is 6.29 Å². The van der Waals surface area contributed by atoms with E-state index in [1.165, 1.54) is 6.92 Å². The number of hydrogen-bond acceptors (Lipinski definition) is 5. The number of esters is 1. The van der Waals surface area contributed by atoms with Crippen LogP contribution in [-0.4, -0.2) is 101 Å². The van der Waals surface area contributed by atoms with Crippen molar-refractivity contribution < 1.29 is 24.5 Å².